The van der Waals surface area contributed by atoms with Crippen molar-refractivity contribution < 1.29 is 9.53 Å². The molecule has 1 aromatic carbocycles. The van der Waals surface area contributed by atoms with E-state index in [1.807, 2.05) is 50.9 Å². The number of rotatable bonds is 3. The lowest BCUT2D eigenvalue weighted by Crippen LogP contribution is -2.45. The van der Waals surface area contributed by atoms with E-state index in [0.29, 0.717) is 0 Å². The quantitative estimate of drug-likeness (QED) is 0.928. The van der Waals surface area contributed by atoms with Gasteiger partial charge in [0.05, 0.1) is 12.1 Å². The minimum atomic E-state index is -0.452. The highest BCUT2D eigenvalue weighted by atomic mass is 16.6. The van der Waals surface area contributed by atoms with Gasteiger partial charge in [-0.15, -0.1) is 0 Å². The van der Waals surface area contributed by atoms with Crippen LogP contribution in [0, 0.1) is 0 Å². The van der Waals surface area contributed by atoms with Gasteiger partial charge >= 0.3 is 6.09 Å². The van der Waals surface area contributed by atoms with Crippen molar-refractivity contribution in [2.45, 2.75) is 51.3 Å². The number of benzene rings is 1. The maximum atomic E-state index is 12.4. The molecule has 4 nitrogen and oxygen atoms in total. The van der Waals surface area contributed by atoms with Crippen LogP contribution in [0.3, 0.4) is 0 Å². The van der Waals surface area contributed by atoms with Crippen LogP contribution < -0.4 is 5.32 Å². The van der Waals surface area contributed by atoms with Crippen molar-refractivity contribution >= 4 is 6.09 Å². The van der Waals surface area contributed by atoms with Gasteiger partial charge in [-0.2, -0.15) is 0 Å². The van der Waals surface area contributed by atoms with E-state index in [4.69, 9.17) is 4.74 Å². The van der Waals surface area contributed by atoms with Crippen molar-refractivity contribution in [2.75, 3.05) is 13.6 Å². The molecule has 4 heteroatoms. The SMILES string of the molecule is CN[C@H](c1ccccc1)[C@@H]1CCCN1C(=O)OC(C)(C)C. The zero-order valence-electron chi connectivity index (χ0n) is 13.4. The van der Waals surface area contributed by atoms with Gasteiger partial charge in [0, 0.05) is 6.54 Å². The lowest BCUT2D eigenvalue weighted by molar-refractivity contribution is 0.0197. The molecule has 0 unspecified atom stereocenters. The number of carbonyl (C=O) groups is 1. The molecular weight excluding hydrogens is 264 g/mol. The average molecular weight is 290 g/mol. The zero-order valence-corrected chi connectivity index (χ0v) is 13.4. The first-order chi connectivity index (χ1) is 9.92. The van der Waals surface area contributed by atoms with E-state index >= 15 is 0 Å². The predicted molar refractivity (Wildman–Crippen MR) is 84.2 cm³/mol. The van der Waals surface area contributed by atoms with Crippen LogP contribution in [0.5, 0.6) is 0 Å². The van der Waals surface area contributed by atoms with E-state index in [0.717, 1.165) is 19.4 Å². The van der Waals surface area contributed by atoms with Crippen molar-refractivity contribution in [1.82, 2.24) is 10.2 Å². The number of nitrogens with one attached hydrogen (secondary N) is 1. The molecule has 1 amide bonds. The Morgan fingerprint density at radius 2 is 2.00 bits per heavy atom. The molecule has 0 aromatic heterocycles. The molecule has 0 spiro atoms. The fraction of sp³-hybridized carbons (Fsp3) is 0.588. The van der Waals surface area contributed by atoms with Gasteiger partial charge in [-0.3, -0.25) is 0 Å². The molecule has 1 aliphatic heterocycles. The van der Waals surface area contributed by atoms with Gasteiger partial charge in [0.15, 0.2) is 0 Å². The number of hydrogen-bond donors (Lipinski definition) is 1. The molecular formula is C17H26N2O2. The minimum absolute atomic E-state index is 0.140. The molecule has 0 aliphatic carbocycles. The van der Waals surface area contributed by atoms with Gasteiger partial charge in [0.2, 0.25) is 0 Å². The number of nitrogens with zero attached hydrogens (tertiary/aromatic N) is 1. The van der Waals surface area contributed by atoms with Crippen LogP contribution in [0.1, 0.15) is 45.2 Å². The summed E-state index contributed by atoms with van der Waals surface area (Å²) in [4.78, 5) is 14.3. The Kier molecular flexibility index (Phi) is 4.88. The summed E-state index contributed by atoms with van der Waals surface area (Å²) in [5.74, 6) is 0. The number of ether oxygens (including phenoxy) is 1. The molecule has 1 N–H and O–H groups in total. The van der Waals surface area contributed by atoms with Crippen LogP contribution in [0.15, 0.2) is 30.3 Å². The molecule has 2 atom stereocenters. The predicted octanol–water partition coefficient (Wildman–Crippen LogP) is 3.35. The number of hydrogen-bond acceptors (Lipinski definition) is 3. The largest absolute Gasteiger partial charge is 0.444 e. The fourth-order valence-corrected chi connectivity index (χ4v) is 2.93. The second-order valence-electron chi connectivity index (χ2n) is 6.56. The molecule has 0 saturated carbocycles. The molecule has 1 aliphatic rings. The highest BCUT2D eigenvalue weighted by Gasteiger charge is 2.36. The van der Waals surface area contributed by atoms with E-state index in [1.165, 1.54) is 5.56 Å². The number of likely N-dealkylation sites (tertiary alicyclic amines) is 1. The molecule has 116 valence electrons. The summed E-state index contributed by atoms with van der Waals surface area (Å²) < 4.78 is 5.54. The maximum Gasteiger partial charge on any atom is 0.410 e. The zero-order chi connectivity index (χ0) is 15.5. The second-order valence-corrected chi connectivity index (χ2v) is 6.56. The Balaban J connectivity index is 2.15. The normalized spacial score (nSPS) is 20.4. The molecule has 0 bridgehead atoms. The van der Waals surface area contributed by atoms with Crippen molar-refractivity contribution in [1.29, 1.82) is 0 Å². The number of amides is 1. The Labute approximate surface area is 127 Å². The van der Waals surface area contributed by atoms with Crippen LogP contribution in [0.2, 0.25) is 0 Å². The van der Waals surface area contributed by atoms with Gasteiger partial charge in [0.25, 0.3) is 0 Å². The molecule has 1 saturated heterocycles. The van der Waals surface area contributed by atoms with E-state index in [2.05, 4.69) is 17.4 Å². The topological polar surface area (TPSA) is 41.6 Å². The van der Waals surface area contributed by atoms with Crippen molar-refractivity contribution in [3.05, 3.63) is 35.9 Å². The highest BCUT2D eigenvalue weighted by molar-refractivity contribution is 5.69. The lowest BCUT2D eigenvalue weighted by atomic mass is 9.97. The molecule has 2 rings (SSSR count). The molecule has 1 fully saturated rings. The molecule has 0 radical (unpaired) electrons. The average Bonchev–Trinajstić information content (AvgIpc) is 2.88. The van der Waals surface area contributed by atoms with Crippen molar-refractivity contribution in [3.8, 4) is 0 Å². The number of likely N-dealkylation sites (N-methyl/N-ethyl adjacent to an activating group) is 1. The first-order valence-corrected chi connectivity index (χ1v) is 7.64. The summed E-state index contributed by atoms with van der Waals surface area (Å²) >= 11 is 0. The summed E-state index contributed by atoms with van der Waals surface area (Å²) in [6, 6.07) is 10.6. The van der Waals surface area contributed by atoms with Crippen molar-refractivity contribution in [3.63, 3.8) is 0 Å². The smallest absolute Gasteiger partial charge is 0.410 e. The summed E-state index contributed by atoms with van der Waals surface area (Å²) in [6.45, 7) is 6.48. The minimum Gasteiger partial charge on any atom is -0.444 e. The van der Waals surface area contributed by atoms with Gasteiger partial charge in [0.1, 0.15) is 5.60 Å². The Morgan fingerprint density at radius 1 is 1.33 bits per heavy atom. The summed E-state index contributed by atoms with van der Waals surface area (Å²) in [5, 5.41) is 3.36. The van der Waals surface area contributed by atoms with Crippen LogP contribution in [-0.2, 0) is 4.74 Å². The van der Waals surface area contributed by atoms with Crippen LogP contribution >= 0.6 is 0 Å². The Bertz CT molecular complexity index is 467. The third-order valence-corrected chi connectivity index (χ3v) is 3.78. The third-order valence-electron chi connectivity index (χ3n) is 3.78. The maximum absolute atomic E-state index is 12.4. The molecule has 21 heavy (non-hydrogen) atoms. The highest BCUT2D eigenvalue weighted by Crippen LogP contribution is 2.30. The fourth-order valence-electron chi connectivity index (χ4n) is 2.93. The van der Waals surface area contributed by atoms with Gasteiger partial charge in [-0.05, 0) is 46.2 Å². The second kappa shape index (κ2) is 6.48. The van der Waals surface area contributed by atoms with Crippen LogP contribution in [0.25, 0.3) is 0 Å². The Morgan fingerprint density at radius 3 is 2.57 bits per heavy atom. The summed E-state index contributed by atoms with van der Waals surface area (Å²) in [7, 11) is 1.95. The first kappa shape index (κ1) is 15.8. The van der Waals surface area contributed by atoms with Crippen LogP contribution in [0.4, 0.5) is 4.79 Å². The van der Waals surface area contributed by atoms with Gasteiger partial charge in [-0.25, -0.2) is 4.79 Å². The molecule has 1 heterocycles. The van der Waals surface area contributed by atoms with E-state index in [1.54, 1.807) is 0 Å². The molecule has 1 aromatic rings. The Hall–Kier alpha value is -1.55. The van der Waals surface area contributed by atoms with Crippen molar-refractivity contribution in [2.24, 2.45) is 0 Å². The summed E-state index contributed by atoms with van der Waals surface area (Å²) in [5.41, 5.74) is 0.756. The standard InChI is InChI=1S/C17H26N2O2/c1-17(2,3)21-16(20)19-12-8-11-14(19)15(18-4)13-9-6-5-7-10-13/h5-7,9-10,14-15,18H,8,11-12H2,1-4H3/t14-,15+/m0/s1. The monoisotopic (exact) mass is 290 g/mol. The van der Waals surface area contributed by atoms with E-state index in [-0.39, 0.29) is 18.2 Å². The lowest BCUT2D eigenvalue weighted by Gasteiger charge is -2.33. The van der Waals surface area contributed by atoms with Gasteiger partial charge < -0.3 is 15.0 Å². The van der Waals surface area contributed by atoms with E-state index < -0.39 is 5.60 Å². The number of carbonyl (C=O) groups excluding carboxylic acids is 1. The van der Waals surface area contributed by atoms with Gasteiger partial charge in [-0.1, -0.05) is 30.3 Å². The first-order valence-electron chi connectivity index (χ1n) is 7.64. The van der Waals surface area contributed by atoms with Crippen LogP contribution in [-0.4, -0.2) is 36.2 Å². The van der Waals surface area contributed by atoms with E-state index in [9.17, 15) is 4.79 Å². The summed E-state index contributed by atoms with van der Waals surface area (Å²) in [6.07, 6.45) is 1.82. The third kappa shape index (κ3) is 3.97.